The van der Waals surface area contributed by atoms with Crippen molar-refractivity contribution in [1.82, 2.24) is 14.9 Å². The number of allylic oxidation sites excluding steroid dienone is 4. The largest absolute Gasteiger partial charge is 0.327 e. The molecule has 2 N–H and O–H groups in total. The molecule has 0 amide bonds. The number of hydrogen-bond acceptors (Lipinski definition) is 4. The Bertz CT molecular complexity index is 776. The first-order valence-electron chi connectivity index (χ1n) is 9.14. The molecular weight excluding hydrogens is 341 g/mol. The van der Waals surface area contributed by atoms with Gasteiger partial charge in [0.2, 0.25) is 0 Å². The summed E-state index contributed by atoms with van der Waals surface area (Å²) < 4.78 is 41.0. The van der Waals surface area contributed by atoms with Crippen molar-refractivity contribution in [2.24, 2.45) is 17.6 Å². The quantitative estimate of drug-likeness (QED) is 0.871. The van der Waals surface area contributed by atoms with Crippen LogP contribution in [0, 0.1) is 18.8 Å². The lowest BCUT2D eigenvalue weighted by molar-refractivity contribution is 0.0990. The molecule has 1 aromatic rings. The summed E-state index contributed by atoms with van der Waals surface area (Å²) in [5, 5.41) is 0. The third-order valence-corrected chi connectivity index (χ3v) is 6.04. The monoisotopic (exact) mass is 364 g/mol. The van der Waals surface area contributed by atoms with E-state index >= 15 is 0 Å². The molecule has 1 fully saturated rings. The average molecular weight is 364 g/mol. The fraction of sp³-hybridized carbons (Fsp3) is 0.579. The molecule has 26 heavy (non-hydrogen) atoms. The topological polar surface area (TPSA) is 55.0 Å². The summed E-state index contributed by atoms with van der Waals surface area (Å²) >= 11 is 0. The number of aryl methyl sites for hydroxylation is 1. The first-order valence-corrected chi connectivity index (χ1v) is 9.14. The van der Waals surface area contributed by atoms with Crippen LogP contribution in [0.3, 0.4) is 0 Å². The number of fused-ring (bicyclic) bond motifs is 1. The number of aromatic nitrogens is 2. The highest BCUT2D eigenvalue weighted by Gasteiger charge is 2.40. The van der Waals surface area contributed by atoms with Gasteiger partial charge in [-0.2, -0.15) is 0 Å². The SMILES string of the molecule is Cc1ncc2c(n1)CN(C1CC[C@H](C3CC(F)=C(F)C=C3F)C(N)C1)C2. The molecule has 140 valence electrons. The van der Waals surface area contributed by atoms with Gasteiger partial charge in [-0.1, -0.05) is 0 Å². The fourth-order valence-corrected chi connectivity index (χ4v) is 4.62. The summed E-state index contributed by atoms with van der Waals surface area (Å²) in [5.74, 6) is -2.57. The Morgan fingerprint density at radius 1 is 1.19 bits per heavy atom. The number of hydrogen-bond donors (Lipinski definition) is 1. The van der Waals surface area contributed by atoms with Gasteiger partial charge in [-0.05, 0) is 32.1 Å². The highest BCUT2D eigenvalue weighted by atomic mass is 19.2. The van der Waals surface area contributed by atoms with Crippen molar-refractivity contribution in [1.29, 1.82) is 0 Å². The number of nitrogens with zero attached hydrogens (tertiary/aromatic N) is 3. The number of rotatable bonds is 2. The molecule has 3 aliphatic rings. The minimum Gasteiger partial charge on any atom is -0.327 e. The van der Waals surface area contributed by atoms with E-state index in [4.69, 9.17) is 5.73 Å². The Morgan fingerprint density at radius 3 is 2.77 bits per heavy atom. The van der Waals surface area contributed by atoms with Crippen molar-refractivity contribution < 1.29 is 13.2 Å². The lowest BCUT2D eigenvalue weighted by atomic mass is 9.72. The first-order chi connectivity index (χ1) is 12.4. The Kier molecular flexibility index (Phi) is 4.61. The van der Waals surface area contributed by atoms with Crippen molar-refractivity contribution >= 4 is 0 Å². The van der Waals surface area contributed by atoms with E-state index in [1.807, 2.05) is 13.1 Å². The molecule has 3 unspecified atom stereocenters. The van der Waals surface area contributed by atoms with Crippen molar-refractivity contribution in [3.05, 3.63) is 46.8 Å². The highest BCUT2D eigenvalue weighted by molar-refractivity contribution is 5.26. The Morgan fingerprint density at radius 2 is 2.00 bits per heavy atom. The maximum Gasteiger partial charge on any atom is 0.157 e. The molecule has 1 aromatic heterocycles. The van der Waals surface area contributed by atoms with E-state index in [1.165, 1.54) is 0 Å². The van der Waals surface area contributed by atoms with Crippen molar-refractivity contribution in [2.75, 3.05) is 0 Å². The number of halogens is 3. The molecule has 4 nitrogen and oxygen atoms in total. The summed E-state index contributed by atoms with van der Waals surface area (Å²) in [5.41, 5.74) is 8.57. The van der Waals surface area contributed by atoms with E-state index < -0.39 is 23.4 Å². The normalized spacial score (nSPS) is 32.6. The van der Waals surface area contributed by atoms with Crippen molar-refractivity contribution in [2.45, 2.75) is 57.8 Å². The molecule has 4 rings (SSSR count). The van der Waals surface area contributed by atoms with Gasteiger partial charge < -0.3 is 5.73 Å². The van der Waals surface area contributed by atoms with Gasteiger partial charge in [0.15, 0.2) is 5.83 Å². The third-order valence-electron chi connectivity index (χ3n) is 6.04. The summed E-state index contributed by atoms with van der Waals surface area (Å²) in [6.07, 6.45) is 4.65. The minimum absolute atomic E-state index is 0.159. The molecule has 1 aliphatic heterocycles. The van der Waals surface area contributed by atoms with Crippen LogP contribution in [0.25, 0.3) is 0 Å². The molecule has 4 atom stereocenters. The average Bonchev–Trinajstić information content (AvgIpc) is 3.01. The second-order valence-corrected chi connectivity index (χ2v) is 7.68. The fourth-order valence-electron chi connectivity index (χ4n) is 4.62. The lowest BCUT2D eigenvalue weighted by Gasteiger charge is -2.41. The van der Waals surface area contributed by atoms with Crippen LogP contribution in [0.5, 0.6) is 0 Å². The molecule has 0 bridgehead atoms. The third kappa shape index (κ3) is 3.18. The van der Waals surface area contributed by atoms with E-state index in [-0.39, 0.29) is 18.4 Å². The van der Waals surface area contributed by atoms with Gasteiger partial charge in [0.05, 0.1) is 5.69 Å². The molecule has 0 radical (unpaired) electrons. The van der Waals surface area contributed by atoms with Crippen LogP contribution in [-0.2, 0) is 13.1 Å². The zero-order valence-electron chi connectivity index (χ0n) is 14.8. The van der Waals surface area contributed by atoms with Gasteiger partial charge >= 0.3 is 0 Å². The van der Waals surface area contributed by atoms with Gasteiger partial charge in [0.1, 0.15) is 17.5 Å². The molecule has 0 spiro atoms. The van der Waals surface area contributed by atoms with Gasteiger partial charge in [0, 0.05) is 55.3 Å². The summed E-state index contributed by atoms with van der Waals surface area (Å²) in [6, 6.07) is 0.0620. The molecule has 2 heterocycles. The Hall–Kier alpha value is -1.73. The van der Waals surface area contributed by atoms with Crippen LogP contribution >= 0.6 is 0 Å². The smallest absolute Gasteiger partial charge is 0.157 e. The molecule has 1 saturated carbocycles. The zero-order valence-corrected chi connectivity index (χ0v) is 14.8. The highest BCUT2D eigenvalue weighted by Crippen LogP contribution is 2.43. The van der Waals surface area contributed by atoms with Crippen molar-refractivity contribution in [3.63, 3.8) is 0 Å². The van der Waals surface area contributed by atoms with E-state index in [9.17, 15) is 13.2 Å². The predicted octanol–water partition coefficient (Wildman–Crippen LogP) is 3.62. The van der Waals surface area contributed by atoms with Crippen molar-refractivity contribution in [3.8, 4) is 0 Å². The predicted molar refractivity (Wildman–Crippen MR) is 91.7 cm³/mol. The van der Waals surface area contributed by atoms with Crippen LogP contribution in [0.4, 0.5) is 13.2 Å². The molecule has 0 saturated heterocycles. The summed E-state index contributed by atoms with van der Waals surface area (Å²) in [4.78, 5) is 11.1. The van der Waals surface area contributed by atoms with E-state index in [2.05, 4.69) is 14.9 Å². The zero-order chi connectivity index (χ0) is 18.4. The van der Waals surface area contributed by atoms with Gasteiger partial charge in [-0.25, -0.2) is 23.1 Å². The number of nitrogens with two attached hydrogens (primary N) is 1. The van der Waals surface area contributed by atoms with Crippen LogP contribution in [0.1, 0.15) is 42.8 Å². The van der Waals surface area contributed by atoms with E-state index in [0.717, 1.165) is 43.0 Å². The maximum atomic E-state index is 14.2. The van der Waals surface area contributed by atoms with E-state index in [0.29, 0.717) is 18.5 Å². The van der Waals surface area contributed by atoms with Gasteiger partial charge in [-0.15, -0.1) is 0 Å². The molecule has 7 heteroatoms. The van der Waals surface area contributed by atoms with Crippen LogP contribution in [-0.4, -0.2) is 27.0 Å². The first kappa shape index (κ1) is 17.7. The van der Waals surface area contributed by atoms with Gasteiger partial charge in [-0.3, -0.25) is 4.90 Å². The summed E-state index contributed by atoms with van der Waals surface area (Å²) in [6.45, 7) is 3.46. The van der Waals surface area contributed by atoms with Gasteiger partial charge in [0.25, 0.3) is 0 Å². The maximum absolute atomic E-state index is 14.2. The Balaban J connectivity index is 1.41. The lowest BCUT2D eigenvalue weighted by Crippen LogP contribution is -2.47. The van der Waals surface area contributed by atoms with E-state index in [1.54, 1.807) is 0 Å². The second kappa shape index (κ2) is 6.78. The van der Waals surface area contributed by atoms with Crippen LogP contribution in [0.2, 0.25) is 0 Å². The molecular formula is C19H23F3N4. The summed E-state index contributed by atoms with van der Waals surface area (Å²) in [7, 11) is 0. The standard InChI is InChI=1S/C19H23F3N4/c1-10-24-7-11-8-26(9-19(11)25-10)12-2-3-13(18(23)4-12)14-5-16(21)17(22)6-15(14)20/h6-7,12-14,18H,2-5,8-9,23H2,1H3/t12?,13-,14?,18?/m1/s1. The second-order valence-electron chi connectivity index (χ2n) is 7.68. The molecule has 2 aliphatic carbocycles. The minimum atomic E-state index is -1.09. The molecule has 0 aromatic carbocycles. The van der Waals surface area contributed by atoms with Crippen LogP contribution in [0.15, 0.2) is 29.8 Å². The Labute approximate surface area is 151 Å². The van der Waals surface area contributed by atoms with Crippen LogP contribution < -0.4 is 5.73 Å².